The summed E-state index contributed by atoms with van der Waals surface area (Å²) in [7, 11) is 0. The number of anilines is 1. The fraction of sp³-hybridized carbons (Fsp3) is 0.353. The van der Waals surface area contributed by atoms with Gasteiger partial charge < -0.3 is 15.1 Å². The maximum atomic E-state index is 12.4. The Morgan fingerprint density at radius 3 is 2.71 bits per heavy atom. The van der Waals surface area contributed by atoms with Gasteiger partial charge in [-0.1, -0.05) is 0 Å². The molecule has 0 atom stereocenters. The topological polar surface area (TPSA) is 65.5 Å². The second-order valence-electron chi connectivity index (χ2n) is 5.76. The fourth-order valence-electron chi connectivity index (χ4n) is 2.72. The summed E-state index contributed by atoms with van der Waals surface area (Å²) in [5.41, 5.74) is 2.32. The van der Waals surface area contributed by atoms with Crippen LogP contribution in [0.15, 0.2) is 35.2 Å². The van der Waals surface area contributed by atoms with Crippen LogP contribution in [0.2, 0.25) is 0 Å². The lowest BCUT2D eigenvalue weighted by Crippen LogP contribution is -2.39. The monoisotopic (exact) mass is 344 g/mol. The molecular formula is C17H20N4O2S. The Morgan fingerprint density at radius 2 is 1.96 bits per heavy atom. The van der Waals surface area contributed by atoms with E-state index in [2.05, 4.69) is 10.3 Å². The van der Waals surface area contributed by atoms with Crippen LogP contribution in [0.4, 0.5) is 10.5 Å². The number of amides is 3. The van der Waals surface area contributed by atoms with Crippen molar-refractivity contribution in [2.75, 3.05) is 31.5 Å². The van der Waals surface area contributed by atoms with Crippen molar-refractivity contribution < 1.29 is 9.59 Å². The number of thiophene rings is 1. The molecule has 0 saturated carbocycles. The lowest BCUT2D eigenvalue weighted by molar-refractivity contribution is 0.0763. The number of carbonyl (C=O) groups is 2. The van der Waals surface area contributed by atoms with E-state index in [0.717, 1.165) is 23.4 Å². The number of urea groups is 1. The normalized spacial score (nSPS) is 15.0. The highest BCUT2D eigenvalue weighted by molar-refractivity contribution is 7.08. The van der Waals surface area contributed by atoms with Crippen molar-refractivity contribution in [3.63, 3.8) is 0 Å². The molecule has 0 aromatic carbocycles. The van der Waals surface area contributed by atoms with Crippen molar-refractivity contribution in [2.45, 2.75) is 13.3 Å². The van der Waals surface area contributed by atoms with E-state index in [0.29, 0.717) is 26.2 Å². The first kappa shape index (κ1) is 16.4. The Kier molecular flexibility index (Phi) is 5.10. The van der Waals surface area contributed by atoms with Gasteiger partial charge in [-0.2, -0.15) is 11.3 Å². The van der Waals surface area contributed by atoms with E-state index < -0.39 is 0 Å². The first-order chi connectivity index (χ1) is 11.6. The standard InChI is InChI=1S/C17H20N4O2S/c1-13-11-15(3-5-18-13)19-17(23)21-7-2-6-20(8-9-21)16(22)14-4-10-24-12-14/h3-5,10-12H,2,6-9H2,1H3,(H,18,19,23). The highest BCUT2D eigenvalue weighted by atomic mass is 32.1. The summed E-state index contributed by atoms with van der Waals surface area (Å²) >= 11 is 1.52. The summed E-state index contributed by atoms with van der Waals surface area (Å²) in [4.78, 5) is 32.6. The number of aromatic nitrogens is 1. The summed E-state index contributed by atoms with van der Waals surface area (Å²) in [5, 5.41) is 6.67. The summed E-state index contributed by atoms with van der Waals surface area (Å²) in [6.45, 7) is 4.29. The predicted molar refractivity (Wildman–Crippen MR) is 94.4 cm³/mol. The minimum atomic E-state index is -0.134. The van der Waals surface area contributed by atoms with Crippen LogP contribution in [0.3, 0.4) is 0 Å². The lowest BCUT2D eigenvalue weighted by Gasteiger charge is -2.22. The van der Waals surface area contributed by atoms with Gasteiger partial charge in [-0.15, -0.1) is 0 Å². The van der Waals surface area contributed by atoms with Crippen LogP contribution in [0.1, 0.15) is 22.5 Å². The van der Waals surface area contributed by atoms with Crippen molar-refractivity contribution in [3.05, 3.63) is 46.4 Å². The van der Waals surface area contributed by atoms with Gasteiger partial charge in [-0.05, 0) is 36.9 Å². The first-order valence-electron chi connectivity index (χ1n) is 7.93. The molecule has 126 valence electrons. The number of hydrogen-bond acceptors (Lipinski definition) is 4. The molecule has 3 heterocycles. The largest absolute Gasteiger partial charge is 0.337 e. The van der Waals surface area contributed by atoms with Gasteiger partial charge in [0.25, 0.3) is 5.91 Å². The summed E-state index contributed by atoms with van der Waals surface area (Å²) < 4.78 is 0. The molecule has 1 N–H and O–H groups in total. The summed E-state index contributed by atoms with van der Waals surface area (Å²) in [6, 6.07) is 5.32. The van der Waals surface area contributed by atoms with Crippen LogP contribution in [-0.4, -0.2) is 52.9 Å². The SMILES string of the molecule is Cc1cc(NC(=O)N2CCCN(C(=O)c3ccsc3)CC2)ccn1. The number of pyridine rings is 1. The van der Waals surface area contributed by atoms with Crippen LogP contribution >= 0.6 is 11.3 Å². The number of aryl methyl sites for hydroxylation is 1. The quantitative estimate of drug-likeness (QED) is 0.911. The maximum Gasteiger partial charge on any atom is 0.321 e. The lowest BCUT2D eigenvalue weighted by atomic mass is 10.3. The van der Waals surface area contributed by atoms with E-state index in [9.17, 15) is 9.59 Å². The fourth-order valence-corrected chi connectivity index (χ4v) is 3.35. The third-order valence-electron chi connectivity index (χ3n) is 3.99. The van der Waals surface area contributed by atoms with Gasteiger partial charge in [0.15, 0.2) is 0 Å². The third-order valence-corrected chi connectivity index (χ3v) is 4.67. The Labute approximate surface area is 145 Å². The Morgan fingerprint density at radius 1 is 1.17 bits per heavy atom. The van der Waals surface area contributed by atoms with Crippen molar-refractivity contribution >= 4 is 29.0 Å². The molecule has 2 aromatic heterocycles. The predicted octanol–water partition coefficient (Wildman–Crippen LogP) is 2.83. The second-order valence-corrected chi connectivity index (χ2v) is 6.54. The number of carbonyl (C=O) groups excluding carboxylic acids is 2. The minimum absolute atomic E-state index is 0.0447. The summed E-state index contributed by atoms with van der Waals surface area (Å²) in [5.74, 6) is 0.0447. The minimum Gasteiger partial charge on any atom is -0.337 e. The van der Waals surface area contributed by atoms with E-state index in [1.54, 1.807) is 17.2 Å². The Hall–Kier alpha value is -2.41. The zero-order chi connectivity index (χ0) is 16.9. The molecule has 0 spiro atoms. The van der Waals surface area contributed by atoms with E-state index in [1.165, 1.54) is 11.3 Å². The molecule has 7 heteroatoms. The average molecular weight is 344 g/mol. The van der Waals surface area contributed by atoms with Gasteiger partial charge in [-0.3, -0.25) is 9.78 Å². The van der Waals surface area contributed by atoms with E-state index in [1.807, 2.05) is 34.7 Å². The van der Waals surface area contributed by atoms with Crippen LogP contribution < -0.4 is 5.32 Å². The van der Waals surface area contributed by atoms with Crippen molar-refractivity contribution in [2.24, 2.45) is 0 Å². The molecule has 0 unspecified atom stereocenters. The van der Waals surface area contributed by atoms with Gasteiger partial charge in [-0.25, -0.2) is 4.79 Å². The van der Waals surface area contributed by atoms with Crippen LogP contribution in [0, 0.1) is 6.92 Å². The van der Waals surface area contributed by atoms with Gasteiger partial charge >= 0.3 is 6.03 Å². The molecular weight excluding hydrogens is 324 g/mol. The molecule has 0 bridgehead atoms. The molecule has 1 aliphatic heterocycles. The maximum absolute atomic E-state index is 12.4. The zero-order valence-corrected chi connectivity index (χ0v) is 14.4. The van der Waals surface area contributed by atoms with Crippen LogP contribution in [0.5, 0.6) is 0 Å². The van der Waals surface area contributed by atoms with Gasteiger partial charge in [0.05, 0.1) is 5.56 Å². The second kappa shape index (κ2) is 7.44. The van der Waals surface area contributed by atoms with Gasteiger partial charge in [0, 0.05) is 49.1 Å². The van der Waals surface area contributed by atoms with Crippen molar-refractivity contribution in [3.8, 4) is 0 Å². The number of nitrogens with zero attached hydrogens (tertiary/aromatic N) is 3. The van der Waals surface area contributed by atoms with E-state index in [4.69, 9.17) is 0 Å². The first-order valence-corrected chi connectivity index (χ1v) is 8.88. The highest BCUT2D eigenvalue weighted by Gasteiger charge is 2.23. The molecule has 24 heavy (non-hydrogen) atoms. The molecule has 0 radical (unpaired) electrons. The van der Waals surface area contributed by atoms with Gasteiger partial charge in [0.1, 0.15) is 0 Å². The van der Waals surface area contributed by atoms with Crippen molar-refractivity contribution in [1.29, 1.82) is 0 Å². The Balaban J connectivity index is 1.59. The zero-order valence-electron chi connectivity index (χ0n) is 13.6. The third kappa shape index (κ3) is 3.91. The Bertz CT molecular complexity index is 717. The molecule has 0 aliphatic carbocycles. The van der Waals surface area contributed by atoms with Crippen LogP contribution in [-0.2, 0) is 0 Å². The molecule has 1 aliphatic rings. The smallest absolute Gasteiger partial charge is 0.321 e. The van der Waals surface area contributed by atoms with Gasteiger partial charge in [0.2, 0.25) is 0 Å². The molecule has 1 saturated heterocycles. The molecule has 3 amide bonds. The number of nitrogens with one attached hydrogen (secondary N) is 1. The van der Waals surface area contributed by atoms with E-state index >= 15 is 0 Å². The van der Waals surface area contributed by atoms with E-state index in [-0.39, 0.29) is 11.9 Å². The van der Waals surface area contributed by atoms with Crippen LogP contribution in [0.25, 0.3) is 0 Å². The molecule has 3 rings (SSSR count). The van der Waals surface area contributed by atoms with Crippen molar-refractivity contribution in [1.82, 2.24) is 14.8 Å². The number of rotatable bonds is 2. The average Bonchev–Trinajstić information content (AvgIpc) is 2.98. The highest BCUT2D eigenvalue weighted by Crippen LogP contribution is 2.13. The molecule has 1 fully saturated rings. The summed E-state index contributed by atoms with van der Waals surface area (Å²) in [6.07, 6.45) is 2.45. The molecule has 6 nitrogen and oxygen atoms in total. The molecule has 2 aromatic rings. The number of hydrogen-bond donors (Lipinski definition) is 1.